The molecule has 1 aromatic rings. The summed E-state index contributed by atoms with van der Waals surface area (Å²) in [6.07, 6.45) is 2.63. The van der Waals surface area contributed by atoms with Crippen molar-refractivity contribution >= 4 is 17.5 Å². The van der Waals surface area contributed by atoms with Crippen molar-refractivity contribution in [2.45, 2.75) is 25.3 Å². The second-order valence-corrected chi connectivity index (χ2v) is 8.18. The predicted molar refractivity (Wildman–Crippen MR) is 107 cm³/mol. The molecule has 4 aliphatic heterocycles. The number of anilines is 1. The van der Waals surface area contributed by atoms with Crippen LogP contribution in [0.3, 0.4) is 0 Å². The number of ether oxygens (including phenoxy) is 2. The van der Waals surface area contributed by atoms with Crippen molar-refractivity contribution in [1.82, 2.24) is 14.7 Å². The molecule has 0 aromatic heterocycles. The van der Waals surface area contributed by atoms with Gasteiger partial charge in [-0.05, 0) is 25.0 Å². The molecule has 8 heteroatoms. The fourth-order valence-electron chi connectivity index (χ4n) is 4.78. The van der Waals surface area contributed by atoms with E-state index < -0.39 is 0 Å². The van der Waals surface area contributed by atoms with Gasteiger partial charge < -0.3 is 24.2 Å². The Morgan fingerprint density at radius 3 is 2.66 bits per heavy atom. The van der Waals surface area contributed by atoms with Crippen LogP contribution in [0, 0.1) is 0 Å². The van der Waals surface area contributed by atoms with E-state index in [9.17, 15) is 9.59 Å². The third kappa shape index (κ3) is 3.50. The normalized spacial score (nSPS) is 25.2. The second-order valence-electron chi connectivity index (χ2n) is 8.18. The molecular weight excluding hydrogens is 372 g/mol. The highest BCUT2D eigenvalue weighted by atomic mass is 16.5. The van der Waals surface area contributed by atoms with Gasteiger partial charge in [-0.15, -0.1) is 0 Å². The SMILES string of the molecule is O=C1[C@@H]2CCCN2C(=O)CN1CN1CCN(c2cccc3c2OCCCO3)CC1. The molecule has 0 radical (unpaired) electrons. The average molecular weight is 400 g/mol. The summed E-state index contributed by atoms with van der Waals surface area (Å²) in [5.74, 6) is 1.87. The van der Waals surface area contributed by atoms with Gasteiger partial charge in [-0.3, -0.25) is 14.5 Å². The van der Waals surface area contributed by atoms with Crippen LogP contribution in [-0.4, -0.2) is 91.7 Å². The zero-order valence-electron chi connectivity index (χ0n) is 16.7. The minimum Gasteiger partial charge on any atom is -0.489 e. The quantitative estimate of drug-likeness (QED) is 0.747. The first-order chi connectivity index (χ1) is 14.2. The molecule has 1 atom stereocenters. The molecule has 0 N–H and O–H groups in total. The third-order valence-electron chi connectivity index (χ3n) is 6.33. The van der Waals surface area contributed by atoms with Crippen molar-refractivity contribution in [3.63, 3.8) is 0 Å². The van der Waals surface area contributed by atoms with E-state index in [1.54, 1.807) is 9.80 Å². The van der Waals surface area contributed by atoms with Gasteiger partial charge in [0.25, 0.3) is 0 Å². The summed E-state index contributed by atoms with van der Waals surface area (Å²) >= 11 is 0. The largest absolute Gasteiger partial charge is 0.489 e. The highest BCUT2D eigenvalue weighted by Crippen LogP contribution is 2.39. The molecule has 0 aliphatic carbocycles. The van der Waals surface area contributed by atoms with Gasteiger partial charge in [-0.1, -0.05) is 6.07 Å². The molecule has 2 amide bonds. The zero-order chi connectivity index (χ0) is 19.8. The van der Waals surface area contributed by atoms with Crippen LogP contribution in [0.1, 0.15) is 19.3 Å². The Bertz CT molecular complexity index is 793. The number of hydrogen-bond donors (Lipinski definition) is 0. The van der Waals surface area contributed by atoms with Crippen LogP contribution in [0.25, 0.3) is 0 Å². The highest BCUT2D eigenvalue weighted by molar-refractivity contribution is 5.95. The maximum absolute atomic E-state index is 12.8. The summed E-state index contributed by atoms with van der Waals surface area (Å²) in [5, 5.41) is 0. The molecule has 0 unspecified atom stereocenters. The van der Waals surface area contributed by atoms with Crippen LogP contribution in [0.5, 0.6) is 11.5 Å². The number of rotatable bonds is 3. The Labute approximate surface area is 170 Å². The minimum atomic E-state index is -0.227. The number of amides is 2. The van der Waals surface area contributed by atoms with E-state index in [2.05, 4.69) is 15.9 Å². The molecular formula is C21H28N4O4. The lowest BCUT2D eigenvalue weighted by atomic mass is 10.1. The van der Waals surface area contributed by atoms with Crippen LogP contribution < -0.4 is 14.4 Å². The van der Waals surface area contributed by atoms with Gasteiger partial charge >= 0.3 is 0 Å². The molecule has 5 rings (SSSR count). The van der Waals surface area contributed by atoms with Gasteiger partial charge in [-0.25, -0.2) is 0 Å². The first-order valence-electron chi connectivity index (χ1n) is 10.6. The summed E-state index contributed by atoms with van der Waals surface area (Å²) in [6, 6.07) is 5.84. The number of nitrogens with zero attached hydrogens (tertiary/aromatic N) is 4. The van der Waals surface area contributed by atoms with Crippen molar-refractivity contribution in [3.05, 3.63) is 18.2 Å². The lowest BCUT2D eigenvalue weighted by molar-refractivity contribution is -0.155. The molecule has 29 heavy (non-hydrogen) atoms. The molecule has 156 valence electrons. The van der Waals surface area contributed by atoms with Crippen LogP contribution in [0.2, 0.25) is 0 Å². The molecule has 0 bridgehead atoms. The molecule has 1 aromatic carbocycles. The van der Waals surface area contributed by atoms with Crippen molar-refractivity contribution in [1.29, 1.82) is 0 Å². The maximum atomic E-state index is 12.8. The minimum absolute atomic E-state index is 0.0925. The van der Waals surface area contributed by atoms with Gasteiger partial charge in [-0.2, -0.15) is 0 Å². The Balaban J connectivity index is 1.21. The summed E-state index contributed by atoms with van der Waals surface area (Å²) < 4.78 is 11.8. The Morgan fingerprint density at radius 2 is 1.79 bits per heavy atom. The number of piperazine rings is 2. The fraction of sp³-hybridized carbons (Fsp3) is 0.619. The summed E-state index contributed by atoms with van der Waals surface area (Å²) in [4.78, 5) is 33.2. The van der Waals surface area contributed by atoms with E-state index in [4.69, 9.17) is 9.47 Å². The molecule has 3 saturated heterocycles. The van der Waals surface area contributed by atoms with Crippen molar-refractivity contribution in [2.75, 3.05) is 64.1 Å². The number of benzene rings is 1. The van der Waals surface area contributed by atoms with E-state index >= 15 is 0 Å². The van der Waals surface area contributed by atoms with Gasteiger partial charge in [0.1, 0.15) is 12.6 Å². The van der Waals surface area contributed by atoms with Crippen LogP contribution in [-0.2, 0) is 9.59 Å². The molecule has 3 fully saturated rings. The lowest BCUT2D eigenvalue weighted by Crippen LogP contribution is -2.60. The van der Waals surface area contributed by atoms with Crippen molar-refractivity contribution in [2.24, 2.45) is 0 Å². The average Bonchev–Trinajstić information content (AvgIpc) is 3.12. The summed E-state index contributed by atoms with van der Waals surface area (Å²) in [5.41, 5.74) is 1.08. The number of carbonyl (C=O) groups excluding carboxylic acids is 2. The van der Waals surface area contributed by atoms with E-state index in [0.717, 1.165) is 69.2 Å². The van der Waals surface area contributed by atoms with Gasteiger partial charge in [0, 0.05) is 39.1 Å². The fourth-order valence-corrected chi connectivity index (χ4v) is 4.78. The van der Waals surface area contributed by atoms with Crippen molar-refractivity contribution in [3.8, 4) is 11.5 Å². The standard InChI is InChI=1S/C21H28N4O4/c26-19-14-24(21(27)17-5-2-7-25(17)19)15-22-8-10-23(11-9-22)16-4-1-6-18-20(16)29-13-3-12-28-18/h1,4,6,17H,2-3,5,7-15H2/t17-/m0/s1. The number of fused-ring (bicyclic) bond motifs is 2. The first-order valence-corrected chi connectivity index (χ1v) is 10.6. The molecule has 8 nitrogen and oxygen atoms in total. The van der Waals surface area contributed by atoms with Crippen LogP contribution in [0.15, 0.2) is 18.2 Å². The predicted octanol–water partition coefficient (Wildman–Crippen LogP) is 0.761. The number of carbonyl (C=O) groups is 2. The first kappa shape index (κ1) is 18.5. The van der Waals surface area contributed by atoms with Crippen LogP contribution >= 0.6 is 0 Å². The molecule has 0 spiro atoms. The van der Waals surface area contributed by atoms with Crippen molar-refractivity contribution < 1.29 is 19.1 Å². The Kier molecular flexibility index (Phi) is 4.95. The lowest BCUT2D eigenvalue weighted by Gasteiger charge is -2.42. The number of para-hydroxylation sites is 1. The topological polar surface area (TPSA) is 65.6 Å². The van der Waals surface area contributed by atoms with Gasteiger partial charge in [0.2, 0.25) is 11.8 Å². The highest BCUT2D eigenvalue weighted by Gasteiger charge is 2.42. The van der Waals surface area contributed by atoms with Gasteiger partial charge in [0.15, 0.2) is 11.5 Å². The molecule has 0 saturated carbocycles. The summed E-state index contributed by atoms with van der Waals surface area (Å²) in [6.45, 7) is 6.24. The van der Waals surface area contributed by atoms with E-state index in [1.165, 1.54) is 0 Å². The molecule has 4 aliphatic rings. The Morgan fingerprint density at radius 1 is 0.966 bits per heavy atom. The third-order valence-corrected chi connectivity index (χ3v) is 6.33. The smallest absolute Gasteiger partial charge is 0.246 e. The van der Waals surface area contributed by atoms with E-state index in [1.807, 2.05) is 12.1 Å². The monoisotopic (exact) mass is 400 g/mol. The van der Waals surface area contributed by atoms with E-state index in [-0.39, 0.29) is 24.4 Å². The Hall–Kier alpha value is -2.48. The second kappa shape index (κ2) is 7.74. The van der Waals surface area contributed by atoms with E-state index in [0.29, 0.717) is 19.9 Å². The summed E-state index contributed by atoms with van der Waals surface area (Å²) in [7, 11) is 0. The van der Waals surface area contributed by atoms with Crippen LogP contribution in [0.4, 0.5) is 5.69 Å². The molecule has 4 heterocycles. The number of hydrogen-bond acceptors (Lipinski definition) is 6. The zero-order valence-corrected chi connectivity index (χ0v) is 16.7. The maximum Gasteiger partial charge on any atom is 0.246 e. The van der Waals surface area contributed by atoms with Gasteiger partial charge in [0.05, 0.1) is 25.6 Å².